The average Bonchev–Trinajstić information content (AvgIpc) is 2.86. The highest BCUT2D eigenvalue weighted by atomic mass is 35.5. The summed E-state index contributed by atoms with van der Waals surface area (Å²) >= 11 is 5.93. The van der Waals surface area contributed by atoms with E-state index in [-0.39, 0.29) is 0 Å². The van der Waals surface area contributed by atoms with Crippen LogP contribution < -0.4 is 5.32 Å². The molecule has 108 valence electrons. The van der Waals surface area contributed by atoms with E-state index in [1.165, 1.54) is 11.1 Å². The maximum Gasteiger partial charge on any atom is 0.122 e. The second kappa shape index (κ2) is 6.93. The first-order valence-corrected chi connectivity index (χ1v) is 7.15. The van der Waals surface area contributed by atoms with Crippen molar-refractivity contribution in [2.75, 3.05) is 14.1 Å². The molecule has 3 nitrogen and oxygen atoms in total. The third kappa shape index (κ3) is 3.63. The molecule has 0 saturated heterocycles. The Bertz CT molecular complexity index is 536. The van der Waals surface area contributed by atoms with Gasteiger partial charge in [0.2, 0.25) is 0 Å². The van der Waals surface area contributed by atoms with Gasteiger partial charge >= 0.3 is 0 Å². The zero-order valence-corrected chi connectivity index (χ0v) is 12.9. The van der Waals surface area contributed by atoms with Crippen molar-refractivity contribution in [2.45, 2.75) is 26.1 Å². The molecular formula is C16H21ClN2O. The van der Waals surface area contributed by atoms with Gasteiger partial charge in [-0.3, -0.25) is 4.90 Å². The van der Waals surface area contributed by atoms with E-state index in [9.17, 15) is 0 Å². The lowest BCUT2D eigenvalue weighted by Crippen LogP contribution is -2.22. The van der Waals surface area contributed by atoms with E-state index in [1.54, 1.807) is 6.26 Å². The molecule has 0 aliphatic rings. The number of halogens is 1. The Balaban J connectivity index is 2.05. The molecule has 1 aromatic heterocycles. The van der Waals surface area contributed by atoms with Gasteiger partial charge in [0.1, 0.15) is 5.76 Å². The van der Waals surface area contributed by atoms with Crippen LogP contribution in [0.2, 0.25) is 5.02 Å². The molecule has 0 saturated carbocycles. The van der Waals surface area contributed by atoms with Crippen molar-refractivity contribution < 1.29 is 4.42 Å². The summed E-state index contributed by atoms with van der Waals surface area (Å²) in [7, 11) is 4.04. The molecule has 1 aromatic carbocycles. The van der Waals surface area contributed by atoms with Crippen molar-refractivity contribution in [1.29, 1.82) is 0 Å². The molecule has 0 fully saturated rings. The molecule has 20 heavy (non-hydrogen) atoms. The third-order valence-corrected chi connectivity index (χ3v) is 3.86. The highest BCUT2D eigenvalue weighted by Crippen LogP contribution is 2.23. The van der Waals surface area contributed by atoms with E-state index in [4.69, 9.17) is 16.0 Å². The smallest absolute Gasteiger partial charge is 0.122 e. The molecule has 0 spiro atoms. The summed E-state index contributed by atoms with van der Waals surface area (Å²) in [5.74, 6) is 1.00. The third-order valence-electron chi connectivity index (χ3n) is 3.61. The van der Waals surface area contributed by atoms with Crippen molar-refractivity contribution >= 4 is 11.6 Å². The molecule has 1 N–H and O–H groups in total. The first kappa shape index (κ1) is 15.1. The fourth-order valence-electron chi connectivity index (χ4n) is 2.22. The second-order valence-corrected chi connectivity index (χ2v) is 5.48. The Morgan fingerprint density at radius 2 is 1.95 bits per heavy atom. The standard InChI is InChI=1S/C16H21ClN2O/c1-12(13-4-6-15(17)7-5-13)19(3)11-14-8-9-20-16(14)10-18-2/h4-9,12,18H,10-11H2,1-3H3. The Morgan fingerprint density at radius 1 is 1.25 bits per heavy atom. The van der Waals surface area contributed by atoms with Crippen molar-refractivity contribution in [1.82, 2.24) is 10.2 Å². The van der Waals surface area contributed by atoms with Crippen molar-refractivity contribution in [3.05, 3.63) is 58.5 Å². The first-order chi connectivity index (χ1) is 9.61. The second-order valence-electron chi connectivity index (χ2n) is 5.04. The van der Waals surface area contributed by atoms with Crippen LogP contribution in [0.25, 0.3) is 0 Å². The van der Waals surface area contributed by atoms with Gasteiger partial charge in [-0.2, -0.15) is 0 Å². The number of hydrogen-bond acceptors (Lipinski definition) is 3. The van der Waals surface area contributed by atoms with Crippen LogP contribution in [0.1, 0.15) is 29.9 Å². The summed E-state index contributed by atoms with van der Waals surface area (Å²) in [4.78, 5) is 2.30. The molecule has 2 aromatic rings. The lowest BCUT2D eigenvalue weighted by molar-refractivity contribution is 0.251. The minimum Gasteiger partial charge on any atom is -0.468 e. The van der Waals surface area contributed by atoms with Gasteiger partial charge < -0.3 is 9.73 Å². The van der Waals surface area contributed by atoms with Gasteiger partial charge in [-0.25, -0.2) is 0 Å². The number of hydrogen-bond donors (Lipinski definition) is 1. The van der Waals surface area contributed by atoms with Gasteiger partial charge in [-0.15, -0.1) is 0 Å². The van der Waals surface area contributed by atoms with Crippen LogP contribution in [0.3, 0.4) is 0 Å². The van der Waals surface area contributed by atoms with Gasteiger partial charge in [-0.05, 0) is 44.8 Å². The van der Waals surface area contributed by atoms with Crippen molar-refractivity contribution in [2.24, 2.45) is 0 Å². The van der Waals surface area contributed by atoms with E-state index in [0.717, 1.165) is 23.9 Å². The molecule has 2 rings (SSSR count). The van der Waals surface area contributed by atoms with Gasteiger partial charge in [0.05, 0.1) is 12.8 Å². The molecule has 0 aliphatic heterocycles. The molecular weight excluding hydrogens is 272 g/mol. The van der Waals surface area contributed by atoms with Crippen molar-refractivity contribution in [3.8, 4) is 0 Å². The SMILES string of the molecule is CNCc1occc1CN(C)C(C)c1ccc(Cl)cc1. The summed E-state index contributed by atoms with van der Waals surface area (Å²) in [6.07, 6.45) is 1.75. The largest absolute Gasteiger partial charge is 0.468 e. The highest BCUT2D eigenvalue weighted by molar-refractivity contribution is 6.30. The molecule has 0 amide bonds. The zero-order chi connectivity index (χ0) is 14.5. The number of benzene rings is 1. The van der Waals surface area contributed by atoms with Crippen molar-refractivity contribution in [3.63, 3.8) is 0 Å². The van der Waals surface area contributed by atoms with Gasteiger partial charge in [0, 0.05) is 23.2 Å². The Morgan fingerprint density at radius 3 is 2.60 bits per heavy atom. The van der Waals surface area contributed by atoms with E-state index in [2.05, 4.69) is 36.3 Å². The van der Waals surface area contributed by atoms with Crippen LogP contribution >= 0.6 is 11.6 Å². The summed E-state index contributed by atoms with van der Waals surface area (Å²) in [5, 5.41) is 3.90. The van der Waals surface area contributed by atoms with Gasteiger partial charge in [0.15, 0.2) is 0 Å². The molecule has 4 heteroatoms. The minimum atomic E-state index is 0.324. The van der Waals surface area contributed by atoms with Crippen LogP contribution in [-0.4, -0.2) is 19.0 Å². The normalized spacial score (nSPS) is 12.8. The van der Waals surface area contributed by atoms with E-state index in [1.807, 2.05) is 25.2 Å². The lowest BCUT2D eigenvalue weighted by atomic mass is 10.1. The topological polar surface area (TPSA) is 28.4 Å². The number of nitrogens with one attached hydrogen (secondary N) is 1. The maximum absolute atomic E-state index is 5.93. The van der Waals surface area contributed by atoms with Crippen LogP contribution in [-0.2, 0) is 13.1 Å². The predicted molar refractivity (Wildman–Crippen MR) is 82.8 cm³/mol. The lowest BCUT2D eigenvalue weighted by Gasteiger charge is -2.25. The Kier molecular flexibility index (Phi) is 5.24. The minimum absolute atomic E-state index is 0.324. The quantitative estimate of drug-likeness (QED) is 0.877. The van der Waals surface area contributed by atoms with Crippen LogP contribution in [0.5, 0.6) is 0 Å². The summed E-state index contributed by atoms with van der Waals surface area (Å²) in [6, 6.07) is 10.4. The summed E-state index contributed by atoms with van der Waals surface area (Å²) in [6.45, 7) is 3.81. The van der Waals surface area contributed by atoms with Crippen LogP contribution in [0.4, 0.5) is 0 Å². The number of rotatable bonds is 6. The number of furan rings is 1. The van der Waals surface area contributed by atoms with Gasteiger partial charge in [-0.1, -0.05) is 23.7 Å². The predicted octanol–water partition coefficient (Wildman–Crippen LogP) is 3.85. The number of nitrogens with zero attached hydrogens (tertiary/aromatic N) is 1. The molecule has 1 unspecified atom stereocenters. The molecule has 0 aliphatic carbocycles. The van der Waals surface area contributed by atoms with Crippen LogP contribution in [0, 0.1) is 0 Å². The van der Waals surface area contributed by atoms with Gasteiger partial charge in [0.25, 0.3) is 0 Å². The maximum atomic E-state index is 5.93. The molecule has 0 radical (unpaired) electrons. The summed E-state index contributed by atoms with van der Waals surface area (Å²) < 4.78 is 5.50. The molecule has 1 atom stereocenters. The average molecular weight is 293 g/mol. The first-order valence-electron chi connectivity index (χ1n) is 6.77. The fourth-order valence-corrected chi connectivity index (χ4v) is 2.35. The van der Waals surface area contributed by atoms with E-state index < -0.39 is 0 Å². The highest BCUT2D eigenvalue weighted by Gasteiger charge is 2.14. The Hall–Kier alpha value is -1.29. The summed E-state index contributed by atoms with van der Waals surface area (Å²) in [5.41, 5.74) is 2.48. The zero-order valence-electron chi connectivity index (χ0n) is 12.2. The van der Waals surface area contributed by atoms with E-state index >= 15 is 0 Å². The van der Waals surface area contributed by atoms with E-state index in [0.29, 0.717) is 6.04 Å². The Labute approximate surface area is 125 Å². The fraction of sp³-hybridized carbons (Fsp3) is 0.375. The monoisotopic (exact) mass is 292 g/mol. The molecule has 0 bridgehead atoms. The molecule has 1 heterocycles. The van der Waals surface area contributed by atoms with Crippen LogP contribution in [0.15, 0.2) is 41.0 Å².